The van der Waals surface area contributed by atoms with E-state index in [1.54, 1.807) is 44.2 Å². The second-order valence-corrected chi connectivity index (χ2v) is 7.68. The Morgan fingerprint density at radius 3 is 2.44 bits per heavy atom. The quantitative estimate of drug-likeness (QED) is 0.794. The van der Waals surface area contributed by atoms with Crippen molar-refractivity contribution >= 4 is 15.7 Å². The molecule has 0 unspecified atom stereocenters. The Balaban J connectivity index is 2.20. The highest BCUT2D eigenvalue weighted by Crippen LogP contribution is 2.20. The first-order chi connectivity index (χ1) is 11.8. The van der Waals surface area contributed by atoms with Gasteiger partial charge in [-0.15, -0.1) is 0 Å². The lowest BCUT2D eigenvalue weighted by atomic mass is 10.1. The van der Waals surface area contributed by atoms with Gasteiger partial charge < -0.3 is 5.32 Å². The standard InChI is InChI=1S/C18H20FN3O2S/c1-13(2)22-25(23,24)12-15-7-4-3-6-14(15)11-21-18-9-5-8-17(19)16(18)10-20/h3-9,13,21-22H,11-12H2,1-2H3. The van der Waals surface area contributed by atoms with Crippen molar-refractivity contribution in [1.29, 1.82) is 5.26 Å². The van der Waals surface area contributed by atoms with E-state index in [4.69, 9.17) is 5.26 Å². The number of hydrogen-bond donors (Lipinski definition) is 2. The fourth-order valence-electron chi connectivity index (χ4n) is 2.45. The maximum Gasteiger partial charge on any atom is 0.216 e. The summed E-state index contributed by atoms with van der Waals surface area (Å²) < 4.78 is 40.5. The van der Waals surface area contributed by atoms with Crippen LogP contribution in [0.3, 0.4) is 0 Å². The van der Waals surface area contributed by atoms with E-state index in [9.17, 15) is 12.8 Å². The molecule has 0 aliphatic heterocycles. The number of hydrogen-bond acceptors (Lipinski definition) is 4. The number of nitriles is 1. The molecule has 7 heteroatoms. The van der Waals surface area contributed by atoms with Gasteiger partial charge >= 0.3 is 0 Å². The van der Waals surface area contributed by atoms with Crippen molar-refractivity contribution in [3.63, 3.8) is 0 Å². The van der Waals surface area contributed by atoms with Crippen LogP contribution in [0.1, 0.15) is 30.5 Å². The van der Waals surface area contributed by atoms with Crippen LogP contribution in [0.5, 0.6) is 0 Å². The van der Waals surface area contributed by atoms with Gasteiger partial charge in [0.05, 0.1) is 11.4 Å². The molecule has 0 bridgehead atoms. The van der Waals surface area contributed by atoms with Gasteiger partial charge in [0.25, 0.3) is 0 Å². The average molecular weight is 361 g/mol. The summed E-state index contributed by atoms with van der Waals surface area (Å²) in [6.07, 6.45) is 0. The molecule has 2 rings (SSSR count). The molecule has 2 aromatic carbocycles. The number of anilines is 1. The second kappa shape index (κ2) is 8.10. The Morgan fingerprint density at radius 1 is 1.12 bits per heavy atom. The van der Waals surface area contributed by atoms with Crippen molar-refractivity contribution in [2.45, 2.75) is 32.2 Å². The smallest absolute Gasteiger partial charge is 0.216 e. The monoisotopic (exact) mass is 361 g/mol. The average Bonchev–Trinajstić information content (AvgIpc) is 2.52. The molecule has 25 heavy (non-hydrogen) atoms. The number of nitrogens with zero attached hydrogens (tertiary/aromatic N) is 1. The normalized spacial score (nSPS) is 11.3. The number of halogens is 1. The molecule has 5 nitrogen and oxygen atoms in total. The van der Waals surface area contributed by atoms with Crippen molar-refractivity contribution in [2.24, 2.45) is 0 Å². The van der Waals surface area contributed by atoms with Gasteiger partial charge in [0.15, 0.2) is 0 Å². The summed E-state index contributed by atoms with van der Waals surface area (Å²) in [5.41, 5.74) is 1.73. The van der Waals surface area contributed by atoms with Crippen LogP contribution >= 0.6 is 0 Å². The molecule has 0 aliphatic rings. The molecule has 2 aromatic rings. The van der Waals surface area contributed by atoms with Gasteiger partial charge in [-0.05, 0) is 37.1 Å². The number of rotatable bonds is 7. The molecule has 2 N–H and O–H groups in total. The van der Waals surface area contributed by atoms with Crippen LogP contribution in [0.25, 0.3) is 0 Å². The molecule has 0 radical (unpaired) electrons. The van der Waals surface area contributed by atoms with E-state index in [0.29, 0.717) is 11.3 Å². The van der Waals surface area contributed by atoms with Gasteiger partial charge in [0.1, 0.15) is 17.4 Å². The summed E-state index contributed by atoms with van der Waals surface area (Å²) >= 11 is 0. The fourth-order valence-corrected chi connectivity index (χ4v) is 3.94. The van der Waals surface area contributed by atoms with E-state index in [1.807, 2.05) is 6.07 Å². The van der Waals surface area contributed by atoms with Gasteiger partial charge in [-0.25, -0.2) is 17.5 Å². The Morgan fingerprint density at radius 2 is 1.80 bits per heavy atom. The summed E-state index contributed by atoms with van der Waals surface area (Å²) in [6, 6.07) is 13.1. The van der Waals surface area contributed by atoms with Crippen molar-refractivity contribution in [1.82, 2.24) is 4.72 Å². The molecule has 0 atom stereocenters. The molecule has 0 heterocycles. The molecule has 132 valence electrons. The first kappa shape index (κ1) is 18.9. The zero-order valence-electron chi connectivity index (χ0n) is 14.1. The Kier molecular flexibility index (Phi) is 6.12. The predicted octanol–water partition coefficient (Wildman–Crippen LogP) is 3.14. The van der Waals surface area contributed by atoms with E-state index in [-0.39, 0.29) is 23.9 Å². The van der Waals surface area contributed by atoms with E-state index in [2.05, 4.69) is 10.0 Å². The van der Waals surface area contributed by atoms with Crippen LogP contribution in [0.2, 0.25) is 0 Å². The molecule has 0 fully saturated rings. The highest BCUT2D eigenvalue weighted by atomic mass is 32.2. The summed E-state index contributed by atoms with van der Waals surface area (Å²) in [5.74, 6) is -0.735. The lowest BCUT2D eigenvalue weighted by molar-refractivity contribution is 0.569. The SMILES string of the molecule is CC(C)NS(=O)(=O)Cc1ccccc1CNc1cccc(F)c1C#N. The minimum absolute atomic E-state index is 0.0610. The number of sulfonamides is 1. The van der Waals surface area contributed by atoms with Gasteiger partial charge in [-0.2, -0.15) is 5.26 Å². The zero-order chi connectivity index (χ0) is 18.4. The Labute approximate surface area is 147 Å². The molecule has 0 saturated carbocycles. The van der Waals surface area contributed by atoms with Crippen LogP contribution in [0.15, 0.2) is 42.5 Å². The topological polar surface area (TPSA) is 82.0 Å². The lowest BCUT2D eigenvalue weighted by Gasteiger charge is -2.14. The van der Waals surface area contributed by atoms with Gasteiger partial charge in [-0.3, -0.25) is 0 Å². The minimum atomic E-state index is -3.45. The molecule has 0 amide bonds. The predicted molar refractivity (Wildman–Crippen MR) is 95.8 cm³/mol. The van der Waals surface area contributed by atoms with Crippen molar-refractivity contribution in [2.75, 3.05) is 5.32 Å². The van der Waals surface area contributed by atoms with Crippen LogP contribution in [-0.4, -0.2) is 14.5 Å². The second-order valence-electron chi connectivity index (χ2n) is 5.93. The summed E-state index contributed by atoms with van der Waals surface area (Å²) in [6.45, 7) is 3.81. The van der Waals surface area contributed by atoms with E-state index in [1.165, 1.54) is 12.1 Å². The van der Waals surface area contributed by atoms with Crippen LogP contribution in [-0.2, 0) is 22.3 Å². The molecule has 0 aliphatic carbocycles. The van der Waals surface area contributed by atoms with Crippen molar-refractivity contribution in [3.05, 3.63) is 65.0 Å². The third-order valence-electron chi connectivity index (χ3n) is 3.47. The van der Waals surface area contributed by atoms with E-state index in [0.717, 1.165) is 5.56 Å². The maximum atomic E-state index is 13.6. The minimum Gasteiger partial charge on any atom is -0.380 e. The summed E-state index contributed by atoms with van der Waals surface area (Å²) in [4.78, 5) is 0. The van der Waals surface area contributed by atoms with Gasteiger partial charge in [0.2, 0.25) is 10.0 Å². The zero-order valence-corrected chi connectivity index (χ0v) is 14.9. The van der Waals surface area contributed by atoms with Crippen LogP contribution < -0.4 is 10.0 Å². The Bertz CT molecular complexity index is 889. The first-order valence-electron chi connectivity index (χ1n) is 7.81. The molecule has 0 spiro atoms. The molecule has 0 aromatic heterocycles. The van der Waals surface area contributed by atoms with Crippen LogP contribution in [0, 0.1) is 17.1 Å². The Hall–Kier alpha value is -2.43. The van der Waals surface area contributed by atoms with E-state index >= 15 is 0 Å². The van der Waals surface area contributed by atoms with Crippen molar-refractivity contribution in [3.8, 4) is 6.07 Å². The van der Waals surface area contributed by atoms with Crippen molar-refractivity contribution < 1.29 is 12.8 Å². The molecular weight excluding hydrogens is 341 g/mol. The third kappa shape index (κ3) is 5.28. The van der Waals surface area contributed by atoms with Gasteiger partial charge in [-0.1, -0.05) is 30.3 Å². The fraction of sp³-hybridized carbons (Fsp3) is 0.278. The van der Waals surface area contributed by atoms with E-state index < -0.39 is 15.8 Å². The van der Waals surface area contributed by atoms with Gasteiger partial charge in [0, 0.05) is 12.6 Å². The molecule has 0 saturated heterocycles. The maximum absolute atomic E-state index is 13.6. The summed E-state index contributed by atoms with van der Waals surface area (Å²) in [5, 5.41) is 12.1. The summed E-state index contributed by atoms with van der Waals surface area (Å²) in [7, 11) is -3.45. The highest BCUT2D eigenvalue weighted by molar-refractivity contribution is 7.88. The molecular formula is C18H20FN3O2S. The third-order valence-corrected chi connectivity index (χ3v) is 5.00. The largest absolute Gasteiger partial charge is 0.380 e. The number of nitrogens with one attached hydrogen (secondary N) is 2. The van der Waals surface area contributed by atoms with Crippen LogP contribution in [0.4, 0.5) is 10.1 Å². The highest BCUT2D eigenvalue weighted by Gasteiger charge is 2.15. The number of benzene rings is 2. The first-order valence-corrected chi connectivity index (χ1v) is 9.47. The lowest BCUT2D eigenvalue weighted by Crippen LogP contribution is -2.31.